The number of amides is 1. The Morgan fingerprint density at radius 2 is 1.86 bits per heavy atom. The first kappa shape index (κ1) is 21.4. The minimum atomic E-state index is -3.50. The summed E-state index contributed by atoms with van der Waals surface area (Å²) in [4.78, 5) is 14.6. The van der Waals surface area contributed by atoms with E-state index in [0.29, 0.717) is 22.6 Å². The molecule has 156 valence electrons. The SMILES string of the molecule is CCS(=O)(=O)c1ccc(Cl)c(C(=O)N2Cc3c(OC)ccc(OC)c3C(O)C2)c1. The molecule has 1 aliphatic heterocycles. The van der Waals surface area contributed by atoms with E-state index in [1.54, 1.807) is 12.1 Å². The van der Waals surface area contributed by atoms with E-state index in [9.17, 15) is 18.3 Å². The number of methoxy groups -OCH3 is 2. The number of benzene rings is 2. The van der Waals surface area contributed by atoms with E-state index in [2.05, 4.69) is 0 Å². The molecule has 1 unspecified atom stereocenters. The summed E-state index contributed by atoms with van der Waals surface area (Å²) in [5.41, 5.74) is 1.27. The first-order valence-corrected chi connectivity index (χ1v) is 11.0. The van der Waals surface area contributed by atoms with Crippen molar-refractivity contribution in [2.45, 2.75) is 24.5 Å². The summed E-state index contributed by atoms with van der Waals surface area (Å²) in [5.74, 6) is 0.465. The van der Waals surface area contributed by atoms with Crippen molar-refractivity contribution in [1.82, 2.24) is 4.90 Å². The lowest BCUT2D eigenvalue weighted by Gasteiger charge is -2.34. The van der Waals surface area contributed by atoms with Crippen LogP contribution in [0.5, 0.6) is 11.5 Å². The van der Waals surface area contributed by atoms with Crippen LogP contribution in [0.15, 0.2) is 35.2 Å². The summed E-state index contributed by atoms with van der Waals surface area (Å²) in [5, 5.41) is 10.8. The van der Waals surface area contributed by atoms with Crippen molar-refractivity contribution in [1.29, 1.82) is 0 Å². The fourth-order valence-electron chi connectivity index (χ4n) is 3.43. The zero-order chi connectivity index (χ0) is 21.3. The average Bonchev–Trinajstić information content (AvgIpc) is 2.72. The molecule has 0 spiro atoms. The highest BCUT2D eigenvalue weighted by Crippen LogP contribution is 2.40. The number of ether oxygens (including phenoxy) is 2. The third-order valence-corrected chi connectivity index (χ3v) is 7.05. The van der Waals surface area contributed by atoms with Crippen LogP contribution in [-0.2, 0) is 16.4 Å². The molecule has 2 aromatic carbocycles. The molecule has 0 bridgehead atoms. The van der Waals surface area contributed by atoms with E-state index in [0.717, 1.165) is 0 Å². The number of carbonyl (C=O) groups is 1. The maximum atomic E-state index is 13.2. The molecule has 0 radical (unpaired) electrons. The number of nitrogens with zero attached hydrogens (tertiary/aromatic N) is 1. The number of halogens is 1. The standard InChI is InChI=1S/C20H22ClNO6S/c1-4-29(25,26)12-5-6-15(21)13(9-12)20(24)22-10-14-17(27-2)7-8-18(28-3)19(14)16(23)11-22/h5-9,16,23H,4,10-11H2,1-3H3. The highest BCUT2D eigenvalue weighted by atomic mass is 35.5. The van der Waals surface area contributed by atoms with Gasteiger partial charge < -0.3 is 19.5 Å². The van der Waals surface area contributed by atoms with E-state index in [4.69, 9.17) is 21.1 Å². The first-order chi connectivity index (χ1) is 13.7. The van der Waals surface area contributed by atoms with Crippen LogP contribution in [0.25, 0.3) is 0 Å². The third-order valence-electron chi connectivity index (χ3n) is 4.98. The molecule has 0 aromatic heterocycles. The van der Waals surface area contributed by atoms with Gasteiger partial charge in [0.2, 0.25) is 0 Å². The zero-order valence-corrected chi connectivity index (χ0v) is 17.9. The predicted octanol–water partition coefficient (Wildman–Crippen LogP) is 2.84. The normalized spacial score (nSPS) is 16.3. The number of aliphatic hydroxyl groups is 1. The number of hydrogen-bond donors (Lipinski definition) is 1. The Balaban J connectivity index is 2.02. The Kier molecular flexibility index (Phi) is 6.07. The van der Waals surface area contributed by atoms with E-state index >= 15 is 0 Å². The number of carbonyl (C=O) groups excluding carboxylic acids is 1. The predicted molar refractivity (Wildman–Crippen MR) is 108 cm³/mol. The van der Waals surface area contributed by atoms with Crippen LogP contribution in [0, 0.1) is 0 Å². The fourth-order valence-corrected chi connectivity index (χ4v) is 4.53. The van der Waals surface area contributed by atoms with Gasteiger partial charge in [-0.15, -0.1) is 0 Å². The summed E-state index contributed by atoms with van der Waals surface area (Å²) in [6, 6.07) is 7.48. The molecule has 2 aromatic rings. The second-order valence-corrected chi connectivity index (χ2v) is 9.29. The molecule has 0 aliphatic carbocycles. The summed E-state index contributed by atoms with van der Waals surface area (Å²) in [7, 11) is -0.485. The fraction of sp³-hybridized carbons (Fsp3) is 0.350. The van der Waals surface area contributed by atoms with Crippen LogP contribution in [0.1, 0.15) is 34.5 Å². The van der Waals surface area contributed by atoms with Gasteiger partial charge in [0.25, 0.3) is 5.91 Å². The Morgan fingerprint density at radius 3 is 2.48 bits per heavy atom. The smallest absolute Gasteiger partial charge is 0.255 e. The van der Waals surface area contributed by atoms with Crippen molar-refractivity contribution >= 4 is 27.3 Å². The molecule has 1 atom stereocenters. The molecule has 3 rings (SSSR count). The van der Waals surface area contributed by atoms with Crippen LogP contribution < -0.4 is 9.47 Å². The van der Waals surface area contributed by atoms with Crippen molar-refractivity contribution in [3.05, 3.63) is 52.0 Å². The van der Waals surface area contributed by atoms with E-state index < -0.39 is 21.8 Å². The van der Waals surface area contributed by atoms with E-state index in [-0.39, 0.29) is 34.3 Å². The van der Waals surface area contributed by atoms with Crippen molar-refractivity contribution in [3.8, 4) is 11.5 Å². The highest BCUT2D eigenvalue weighted by molar-refractivity contribution is 7.91. The Morgan fingerprint density at radius 1 is 1.21 bits per heavy atom. The monoisotopic (exact) mass is 439 g/mol. The second-order valence-electron chi connectivity index (χ2n) is 6.61. The summed E-state index contributed by atoms with van der Waals surface area (Å²) < 4.78 is 35.1. The van der Waals surface area contributed by atoms with Gasteiger partial charge in [-0.3, -0.25) is 4.79 Å². The van der Waals surface area contributed by atoms with Crippen LogP contribution >= 0.6 is 11.6 Å². The number of fused-ring (bicyclic) bond motifs is 1. The van der Waals surface area contributed by atoms with Crippen molar-refractivity contribution in [2.75, 3.05) is 26.5 Å². The van der Waals surface area contributed by atoms with Crippen LogP contribution in [-0.4, -0.2) is 50.8 Å². The van der Waals surface area contributed by atoms with Crippen LogP contribution in [0.3, 0.4) is 0 Å². The lowest BCUT2D eigenvalue weighted by Crippen LogP contribution is -2.38. The van der Waals surface area contributed by atoms with E-state index in [1.807, 2.05) is 0 Å². The van der Waals surface area contributed by atoms with Gasteiger partial charge in [-0.1, -0.05) is 18.5 Å². The highest BCUT2D eigenvalue weighted by Gasteiger charge is 2.33. The van der Waals surface area contributed by atoms with Gasteiger partial charge in [-0.05, 0) is 30.3 Å². The molecule has 0 saturated carbocycles. The molecule has 9 heteroatoms. The number of sulfone groups is 1. The lowest BCUT2D eigenvalue weighted by molar-refractivity contribution is 0.0538. The van der Waals surface area contributed by atoms with Crippen molar-refractivity contribution < 1.29 is 27.8 Å². The second kappa shape index (κ2) is 8.22. The molecular formula is C20H22ClNO6S. The minimum Gasteiger partial charge on any atom is -0.496 e. The van der Waals surface area contributed by atoms with Gasteiger partial charge in [-0.25, -0.2) is 8.42 Å². The molecule has 29 heavy (non-hydrogen) atoms. The van der Waals surface area contributed by atoms with Gasteiger partial charge in [-0.2, -0.15) is 0 Å². The van der Waals surface area contributed by atoms with Crippen LogP contribution in [0.2, 0.25) is 5.02 Å². The quantitative estimate of drug-likeness (QED) is 0.770. The number of β-amino-alcohol motifs (C(OH)–C–C–N with tert-alkyl or cyclic N) is 1. The molecule has 1 aliphatic rings. The topological polar surface area (TPSA) is 93.1 Å². The molecule has 1 heterocycles. The average molecular weight is 440 g/mol. The first-order valence-electron chi connectivity index (χ1n) is 8.96. The van der Waals surface area contributed by atoms with Crippen molar-refractivity contribution in [2.24, 2.45) is 0 Å². The summed E-state index contributed by atoms with van der Waals surface area (Å²) in [6.07, 6.45) is -0.992. The summed E-state index contributed by atoms with van der Waals surface area (Å²) in [6.45, 7) is 1.70. The molecule has 0 saturated heterocycles. The molecule has 1 amide bonds. The van der Waals surface area contributed by atoms with Gasteiger partial charge in [0.15, 0.2) is 9.84 Å². The number of aliphatic hydroxyl groups excluding tert-OH is 1. The molecular weight excluding hydrogens is 418 g/mol. The Labute approximate surface area is 174 Å². The van der Waals surface area contributed by atoms with Gasteiger partial charge in [0.05, 0.1) is 48.5 Å². The largest absolute Gasteiger partial charge is 0.496 e. The lowest BCUT2D eigenvalue weighted by atomic mass is 9.94. The molecule has 0 fully saturated rings. The zero-order valence-electron chi connectivity index (χ0n) is 16.3. The Bertz CT molecular complexity index is 1050. The maximum absolute atomic E-state index is 13.2. The minimum absolute atomic E-state index is 0.0104. The van der Waals surface area contributed by atoms with Gasteiger partial charge >= 0.3 is 0 Å². The molecule has 7 nitrogen and oxygen atoms in total. The number of hydrogen-bond acceptors (Lipinski definition) is 6. The van der Waals surface area contributed by atoms with Gasteiger partial charge in [0, 0.05) is 11.1 Å². The summed E-state index contributed by atoms with van der Waals surface area (Å²) >= 11 is 6.20. The maximum Gasteiger partial charge on any atom is 0.255 e. The Hall–Kier alpha value is -2.29. The third kappa shape index (κ3) is 3.92. The number of rotatable bonds is 5. The van der Waals surface area contributed by atoms with E-state index in [1.165, 1.54) is 44.2 Å². The van der Waals surface area contributed by atoms with Crippen LogP contribution in [0.4, 0.5) is 0 Å². The van der Waals surface area contributed by atoms with Crippen molar-refractivity contribution in [3.63, 3.8) is 0 Å². The molecule has 1 N–H and O–H groups in total. The van der Waals surface area contributed by atoms with Gasteiger partial charge in [0.1, 0.15) is 17.6 Å².